The molecule has 0 bridgehead atoms. The summed E-state index contributed by atoms with van der Waals surface area (Å²) in [6, 6.07) is 9.50. The number of rotatable bonds is 2. The third kappa shape index (κ3) is 2.35. The largest absolute Gasteiger partial charge is 0.508 e. The van der Waals surface area contributed by atoms with Crippen molar-refractivity contribution in [3.8, 4) is 5.75 Å². The second kappa shape index (κ2) is 5.46. The molecule has 0 atom stereocenters. The zero-order valence-electron chi connectivity index (χ0n) is 12.0. The van der Waals surface area contributed by atoms with Crippen molar-refractivity contribution in [1.82, 2.24) is 9.97 Å². The molecule has 3 heterocycles. The molecule has 0 aliphatic carbocycles. The molecule has 1 fully saturated rings. The van der Waals surface area contributed by atoms with Crippen molar-refractivity contribution in [2.45, 2.75) is 0 Å². The van der Waals surface area contributed by atoms with Crippen LogP contribution in [-0.2, 0) is 0 Å². The van der Waals surface area contributed by atoms with Gasteiger partial charge in [-0.3, -0.25) is 0 Å². The normalized spacial score (nSPS) is 15.5. The monoisotopic (exact) mass is 312 g/mol. The summed E-state index contributed by atoms with van der Waals surface area (Å²) >= 11 is 1.65. The van der Waals surface area contributed by atoms with Crippen molar-refractivity contribution in [3.05, 3.63) is 42.0 Å². The van der Waals surface area contributed by atoms with Crippen molar-refractivity contribution in [3.63, 3.8) is 0 Å². The first-order chi connectivity index (χ1) is 10.8. The molecule has 5 nitrogen and oxygen atoms in total. The van der Waals surface area contributed by atoms with Gasteiger partial charge in [-0.05, 0) is 35.7 Å². The lowest BCUT2D eigenvalue weighted by Gasteiger charge is -2.36. The molecule has 0 saturated carbocycles. The van der Waals surface area contributed by atoms with Gasteiger partial charge in [-0.1, -0.05) is 0 Å². The molecule has 1 aromatic carbocycles. The van der Waals surface area contributed by atoms with E-state index in [2.05, 4.69) is 31.2 Å². The average Bonchev–Trinajstić information content (AvgIpc) is 3.04. The maximum atomic E-state index is 9.39. The van der Waals surface area contributed by atoms with Gasteiger partial charge in [0.15, 0.2) is 0 Å². The molecule has 2 aromatic heterocycles. The number of benzene rings is 1. The molecule has 1 aliphatic heterocycles. The minimum atomic E-state index is 0.309. The Balaban J connectivity index is 1.52. The van der Waals surface area contributed by atoms with Crippen molar-refractivity contribution in [2.75, 3.05) is 36.0 Å². The fraction of sp³-hybridized carbons (Fsp3) is 0.250. The van der Waals surface area contributed by atoms with Crippen LogP contribution in [0.3, 0.4) is 0 Å². The zero-order chi connectivity index (χ0) is 14.9. The molecule has 22 heavy (non-hydrogen) atoms. The second-order valence-corrected chi connectivity index (χ2v) is 6.22. The van der Waals surface area contributed by atoms with E-state index in [1.54, 1.807) is 29.8 Å². The first-order valence-corrected chi connectivity index (χ1v) is 8.16. The van der Waals surface area contributed by atoms with E-state index in [-0.39, 0.29) is 0 Å². The molecule has 0 radical (unpaired) electrons. The van der Waals surface area contributed by atoms with E-state index in [9.17, 15) is 5.11 Å². The van der Waals surface area contributed by atoms with E-state index < -0.39 is 0 Å². The molecular formula is C16H16N4OS. The van der Waals surface area contributed by atoms with Crippen LogP contribution in [0.25, 0.3) is 10.2 Å². The Morgan fingerprint density at radius 1 is 0.909 bits per heavy atom. The highest BCUT2D eigenvalue weighted by Gasteiger charge is 2.20. The Hall–Kier alpha value is -2.34. The van der Waals surface area contributed by atoms with Crippen molar-refractivity contribution >= 4 is 33.1 Å². The van der Waals surface area contributed by atoms with Crippen molar-refractivity contribution in [2.24, 2.45) is 0 Å². The Labute approximate surface area is 132 Å². The van der Waals surface area contributed by atoms with Gasteiger partial charge in [0.1, 0.15) is 22.7 Å². The van der Waals surface area contributed by atoms with Gasteiger partial charge < -0.3 is 14.9 Å². The summed E-state index contributed by atoms with van der Waals surface area (Å²) in [6.07, 6.45) is 1.65. The van der Waals surface area contributed by atoms with E-state index in [1.807, 2.05) is 12.1 Å². The van der Waals surface area contributed by atoms with E-state index in [1.165, 1.54) is 0 Å². The third-order valence-corrected chi connectivity index (χ3v) is 4.86. The van der Waals surface area contributed by atoms with Gasteiger partial charge in [0.05, 0.1) is 5.39 Å². The fourth-order valence-electron chi connectivity index (χ4n) is 2.87. The Kier molecular flexibility index (Phi) is 3.31. The number of phenolic OH excluding ortho intramolecular Hbond substituents is 1. The molecule has 0 unspecified atom stereocenters. The number of phenols is 1. The number of fused-ring (bicyclic) bond motifs is 1. The van der Waals surface area contributed by atoms with Crippen LogP contribution in [0.5, 0.6) is 5.75 Å². The van der Waals surface area contributed by atoms with Crippen LogP contribution < -0.4 is 9.80 Å². The first kappa shape index (κ1) is 13.3. The SMILES string of the molecule is Oc1ccc(N2CCN(c3ncnc4sccc34)CC2)cc1. The lowest BCUT2D eigenvalue weighted by Crippen LogP contribution is -2.46. The molecule has 3 aromatic rings. The van der Waals surface area contributed by atoms with Gasteiger partial charge in [0.2, 0.25) is 0 Å². The molecule has 0 spiro atoms. The number of aromatic nitrogens is 2. The van der Waals surface area contributed by atoms with Crippen LogP contribution in [0.4, 0.5) is 11.5 Å². The summed E-state index contributed by atoms with van der Waals surface area (Å²) in [6.45, 7) is 3.76. The van der Waals surface area contributed by atoms with Crippen molar-refractivity contribution in [1.29, 1.82) is 0 Å². The van der Waals surface area contributed by atoms with Crippen LogP contribution in [0, 0.1) is 0 Å². The van der Waals surface area contributed by atoms with Gasteiger partial charge in [-0.15, -0.1) is 11.3 Å². The van der Waals surface area contributed by atoms with E-state index in [4.69, 9.17) is 0 Å². The number of thiophene rings is 1. The predicted molar refractivity (Wildman–Crippen MR) is 89.9 cm³/mol. The summed E-state index contributed by atoms with van der Waals surface area (Å²) in [5, 5.41) is 12.6. The number of aromatic hydroxyl groups is 1. The lowest BCUT2D eigenvalue weighted by molar-refractivity contribution is 0.475. The molecule has 1 saturated heterocycles. The Morgan fingerprint density at radius 3 is 2.41 bits per heavy atom. The standard InChI is InChI=1S/C16H16N4OS/c21-13-3-1-12(2-4-13)19-6-8-20(9-7-19)15-14-5-10-22-16(14)18-11-17-15/h1-5,10-11,21H,6-9H2. The van der Waals surface area contributed by atoms with Gasteiger partial charge in [0.25, 0.3) is 0 Å². The quantitative estimate of drug-likeness (QED) is 0.788. The Bertz CT molecular complexity index is 778. The average molecular weight is 312 g/mol. The fourth-order valence-corrected chi connectivity index (χ4v) is 3.60. The summed E-state index contributed by atoms with van der Waals surface area (Å²) in [4.78, 5) is 14.5. The van der Waals surface area contributed by atoms with Crippen LogP contribution in [-0.4, -0.2) is 41.3 Å². The predicted octanol–water partition coefficient (Wildman–Crippen LogP) is 2.72. The molecule has 1 aliphatic rings. The summed E-state index contributed by atoms with van der Waals surface area (Å²) in [5.74, 6) is 1.35. The Morgan fingerprint density at radius 2 is 1.64 bits per heavy atom. The summed E-state index contributed by atoms with van der Waals surface area (Å²) in [5.41, 5.74) is 1.15. The number of anilines is 2. The highest BCUT2D eigenvalue weighted by molar-refractivity contribution is 7.16. The zero-order valence-corrected chi connectivity index (χ0v) is 12.8. The minimum absolute atomic E-state index is 0.309. The second-order valence-electron chi connectivity index (χ2n) is 5.33. The summed E-state index contributed by atoms with van der Waals surface area (Å²) < 4.78 is 0. The maximum absolute atomic E-state index is 9.39. The van der Waals surface area contributed by atoms with Crippen LogP contribution >= 0.6 is 11.3 Å². The smallest absolute Gasteiger partial charge is 0.140 e. The van der Waals surface area contributed by atoms with Gasteiger partial charge >= 0.3 is 0 Å². The first-order valence-electron chi connectivity index (χ1n) is 7.28. The van der Waals surface area contributed by atoms with Crippen LogP contribution in [0.15, 0.2) is 42.0 Å². The molecule has 1 N–H and O–H groups in total. The molecular weight excluding hydrogens is 296 g/mol. The number of hydrogen-bond donors (Lipinski definition) is 1. The topological polar surface area (TPSA) is 52.5 Å². The van der Waals surface area contributed by atoms with Crippen LogP contribution in [0.1, 0.15) is 0 Å². The van der Waals surface area contributed by atoms with Gasteiger partial charge in [0, 0.05) is 31.9 Å². The van der Waals surface area contributed by atoms with Crippen molar-refractivity contribution < 1.29 is 5.11 Å². The highest BCUT2D eigenvalue weighted by Crippen LogP contribution is 2.28. The minimum Gasteiger partial charge on any atom is -0.508 e. The highest BCUT2D eigenvalue weighted by atomic mass is 32.1. The lowest BCUT2D eigenvalue weighted by atomic mass is 10.2. The van der Waals surface area contributed by atoms with E-state index in [0.717, 1.165) is 47.9 Å². The number of piperazine rings is 1. The van der Waals surface area contributed by atoms with E-state index in [0.29, 0.717) is 5.75 Å². The number of hydrogen-bond acceptors (Lipinski definition) is 6. The van der Waals surface area contributed by atoms with Gasteiger partial charge in [-0.2, -0.15) is 0 Å². The van der Waals surface area contributed by atoms with Crippen LogP contribution in [0.2, 0.25) is 0 Å². The third-order valence-electron chi connectivity index (χ3n) is 4.03. The van der Waals surface area contributed by atoms with E-state index >= 15 is 0 Å². The molecule has 112 valence electrons. The molecule has 0 amide bonds. The number of nitrogens with zero attached hydrogens (tertiary/aromatic N) is 4. The summed E-state index contributed by atoms with van der Waals surface area (Å²) in [7, 11) is 0. The maximum Gasteiger partial charge on any atom is 0.140 e. The molecule has 6 heteroatoms. The van der Waals surface area contributed by atoms with Gasteiger partial charge in [-0.25, -0.2) is 9.97 Å². The molecule has 4 rings (SSSR count).